The topological polar surface area (TPSA) is 116 Å². The highest BCUT2D eigenvalue weighted by atomic mass is 35.5. The zero-order chi connectivity index (χ0) is 29.5. The van der Waals surface area contributed by atoms with Gasteiger partial charge in [-0.2, -0.15) is 0 Å². The Bertz CT molecular complexity index is 1590. The van der Waals surface area contributed by atoms with Crippen LogP contribution in [0.5, 0.6) is 5.75 Å². The number of hydrogen-bond donors (Lipinski definition) is 1. The Kier molecular flexibility index (Phi) is 8.01. The predicted molar refractivity (Wildman–Crippen MR) is 152 cm³/mol. The number of amides is 1. The van der Waals surface area contributed by atoms with Crippen molar-refractivity contribution >= 4 is 33.3 Å². The number of methoxy groups -OCH3 is 1. The summed E-state index contributed by atoms with van der Waals surface area (Å²) >= 11 is 6.20. The van der Waals surface area contributed by atoms with E-state index in [2.05, 4.69) is 14.3 Å². The number of aryl methyl sites for hydroxylation is 1. The van der Waals surface area contributed by atoms with E-state index in [0.717, 1.165) is 49.3 Å². The van der Waals surface area contributed by atoms with Crippen molar-refractivity contribution in [1.82, 2.24) is 19.4 Å². The highest BCUT2D eigenvalue weighted by molar-refractivity contribution is 7.92. The third-order valence-corrected chi connectivity index (χ3v) is 8.48. The molecule has 2 aliphatic rings. The van der Waals surface area contributed by atoms with Crippen LogP contribution in [0.15, 0.2) is 30.3 Å². The van der Waals surface area contributed by atoms with Crippen molar-refractivity contribution < 1.29 is 27.1 Å². The van der Waals surface area contributed by atoms with Crippen molar-refractivity contribution in [3.63, 3.8) is 0 Å². The number of carbonyl (C=O) groups is 1. The maximum atomic E-state index is 15.9. The quantitative estimate of drug-likeness (QED) is 0.382. The van der Waals surface area contributed by atoms with E-state index < -0.39 is 27.5 Å². The Morgan fingerprint density at radius 1 is 1.17 bits per heavy atom. The molecule has 1 unspecified atom stereocenters. The lowest BCUT2D eigenvalue weighted by atomic mass is 9.91. The van der Waals surface area contributed by atoms with Gasteiger partial charge in [-0.25, -0.2) is 22.8 Å². The fraction of sp³-hybridized carbons (Fsp3) is 0.464. The molecule has 0 aliphatic carbocycles. The van der Waals surface area contributed by atoms with Gasteiger partial charge in [-0.15, -0.1) is 0 Å². The molecule has 1 aromatic carbocycles. The number of nitrogens with zero attached hydrogens (tertiary/aromatic N) is 4. The number of fused-ring (bicyclic) bond motifs is 3. The Labute approximate surface area is 243 Å². The Morgan fingerprint density at radius 2 is 1.95 bits per heavy atom. The third kappa shape index (κ3) is 6.05. The van der Waals surface area contributed by atoms with E-state index in [9.17, 15) is 13.2 Å². The number of benzene rings is 1. The molecule has 1 N–H and O–H groups in total. The second-order valence-electron chi connectivity index (χ2n) is 10.8. The van der Waals surface area contributed by atoms with Crippen LogP contribution >= 0.6 is 11.6 Å². The van der Waals surface area contributed by atoms with Gasteiger partial charge in [0.2, 0.25) is 10.0 Å². The molecule has 5 rings (SSSR count). The molecule has 3 aromatic rings. The van der Waals surface area contributed by atoms with Crippen molar-refractivity contribution in [2.24, 2.45) is 0 Å². The van der Waals surface area contributed by atoms with Crippen molar-refractivity contribution in [3.8, 4) is 5.75 Å². The van der Waals surface area contributed by atoms with Gasteiger partial charge in [-0.05, 0) is 50.5 Å². The van der Waals surface area contributed by atoms with Crippen LogP contribution in [0.2, 0.25) is 5.15 Å². The van der Waals surface area contributed by atoms with Crippen LogP contribution in [0.3, 0.4) is 0 Å². The van der Waals surface area contributed by atoms with Crippen LogP contribution in [0, 0.1) is 5.82 Å². The minimum absolute atomic E-state index is 0.0286. The molecule has 4 heterocycles. The normalized spacial score (nSPS) is 17.1. The van der Waals surface area contributed by atoms with Crippen LogP contribution in [-0.4, -0.2) is 60.3 Å². The fourth-order valence-corrected chi connectivity index (χ4v) is 6.08. The molecule has 41 heavy (non-hydrogen) atoms. The first-order valence-corrected chi connectivity index (χ1v) is 15.6. The predicted octanol–water partition coefficient (Wildman–Crippen LogP) is 4.21. The monoisotopic (exact) mass is 605 g/mol. The maximum Gasteiger partial charge on any atom is 0.261 e. The summed E-state index contributed by atoms with van der Waals surface area (Å²) in [6.45, 7) is 4.46. The zero-order valence-corrected chi connectivity index (χ0v) is 25.0. The van der Waals surface area contributed by atoms with E-state index in [1.165, 1.54) is 18.2 Å². The molecular formula is C28H33ClFN5O5S. The number of aromatic nitrogens is 3. The number of rotatable bonds is 8. The number of ether oxygens (including phenoxy) is 2. The van der Waals surface area contributed by atoms with Crippen molar-refractivity contribution in [2.75, 3.05) is 31.2 Å². The standard InChI is InChI=1S/C28H33ClFN5O5S/c1-28(2,39-3)17-8-9-18(19(30)15-17)25-26-20(31-23-7-5-6-13-34(23)26)12-14-35(25)24(36)16-40-21-10-11-22(32-27(21)29)33-41(4,37)38/h8-11,15,25H,5-7,12-14,16H2,1-4H3,(H,32,33). The van der Waals surface area contributed by atoms with Gasteiger partial charge in [0.15, 0.2) is 17.5 Å². The molecular weight excluding hydrogens is 573 g/mol. The number of hydrogen-bond acceptors (Lipinski definition) is 7. The molecule has 0 radical (unpaired) electrons. The molecule has 10 nitrogen and oxygen atoms in total. The van der Waals surface area contributed by atoms with Gasteiger partial charge in [0.1, 0.15) is 23.5 Å². The van der Waals surface area contributed by atoms with Crippen LogP contribution < -0.4 is 9.46 Å². The summed E-state index contributed by atoms with van der Waals surface area (Å²) in [7, 11) is -1.96. The smallest absolute Gasteiger partial charge is 0.261 e. The molecule has 1 atom stereocenters. The third-order valence-electron chi connectivity index (χ3n) is 7.63. The summed E-state index contributed by atoms with van der Waals surface area (Å²) in [5.41, 5.74) is 2.10. The highest BCUT2D eigenvalue weighted by Crippen LogP contribution is 2.39. The lowest BCUT2D eigenvalue weighted by Crippen LogP contribution is -2.44. The molecule has 2 aromatic heterocycles. The van der Waals surface area contributed by atoms with Gasteiger partial charge in [0.05, 0.1) is 23.2 Å². The highest BCUT2D eigenvalue weighted by Gasteiger charge is 2.39. The van der Waals surface area contributed by atoms with Crippen LogP contribution in [0.25, 0.3) is 0 Å². The number of nitrogens with one attached hydrogen (secondary N) is 1. The maximum absolute atomic E-state index is 15.9. The summed E-state index contributed by atoms with van der Waals surface area (Å²) < 4.78 is 54.5. The molecule has 13 heteroatoms. The van der Waals surface area contributed by atoms with Gasteiger partial charge < -0.3 is 18.9 Å². The minimum Gasteiger partial charge on any atom is -0.481 e. The van der Waals surface area contributed by atoms with E-state index in [1.807, 2.05) is 19.9 Å². The number of halogens is 2. The van der Waals surface area contributed by atoms with E-state index in [4.69, 9.17) is 26.1 Å². The lowest BCUT2D eigenvalue weighted by molar-refractivity contribution is -0.135. The van der Waals surface area contributed by atoms with Crippen molar-refractivity contribution in [1.29, 1.82) is 0 Å². The average molecular weight is 606 g/mol. The SMILES string of the molecule is COC(C)(C)c1ccc(C2c3c(nc4n3CCCC4)CCN2C(=O)COc2ccc(NS(C)(=O)=O)nc2Cl)c(F)c1. The Hall–Kier alpha value is -3.22. The zero-order valence-electron chi connectivity index (χ0n) is 23.4. The molecule has 1 amide bonds. The van der Waals surface area contributed by atoms with Gasteiger partial charge in [0.25, 0.3) is 5.91 Å². The lowest BCUT2D eigenvalue weighted by Gasteiger charge is -2.37. The number of anilines is 1. The average Bonchev–Trinajstić information content (AvgIpc) is 3.30. The number of pyridine rings is 1. The van der Waals surface area contributed by atoms with Crippen molar-refractivity contribution in [3.05, 3.63) is 69.6 Å². The molecule has 0 saturated heterocycles. The molecule has 0 spiro atoms. The largest absolute Gasteiger partial charge is 0.481 e. The number of carbonyl (C=O) groups excluding carboxylic acids is 1. The van der Waals surface area contributed by atoms with Gasteiger partial charge in [-0.3, -0.25) is 9.52 Å². The molecule has 2 aliphatic heterocycles. The summed E-state index contributed by atoms with van der Waals surface area (Å²) in [4.78, 5) is 24.2. The minimum atomic E-state index is -3.54. The first kappa shape index (κ1) is 29.3. The molecule has 220 valence electrons. The number of sulfonamides is 1. The van der Waals surface area contributed by atoms with Gasteiger partial charge in [-0.1, -0.05) is 23.7 Å². The number of imidazole rings is 1. The van der Waals surface area contributed by atoms with Crippen molar-refractivity contribution in [2.45, 2.75) is 57.7 Å². The van der Waals surface area contributed by atoms with E-state index >= 15 is 4.39 Å². The summed E-state index contributed by atoms with van der Waals surface area (Å²) in [6.07, 6.45) is 4.41. The second-order valence-corrected chi connectivity index (χ2v) is 12.9. The van der Waals surface area contributed by atoms with Gasteiger partial charge in [0, 0.05) is 38.6 Å². The summed E-state index contributed by atoms with van der Waals surface area (Å²) in [5.74, 6) is 0.321. The van der Waals surface area contributed by atoms with E-state index in [-0.39, 0.29) is 29.2 Å². The first-order valence-electron chi connectivity index (χ1n) is 13.4. The second kappa shape index (κ2) is 11.2. The van der Waals surface area contributed by atoms with E-state index in [1.54, 1.807) is 18.1 Å². The molecule has 0 bridgehead atoms. The van der Waals surface area contributed by atoms with Crippen LogP contribution in [0.4, 0.5) is 10.2 Å². The molecule has 0 fully saturated rings. The summed E-state index contributed by atoms with van der Waals surface area (Å²) in [5, 5.41) is -0.101. The Morgan fingerprint density at radius 3 is 2.63 bits per heavy atom. The van der Waals surface area contributed by atoms with Crippen LogP contribution in [0.1, 0.15) is 61.1 Å². The van der Waals surface area contributed by atoms with Gasteiger partial charge >= 0.3 is 0 Å². The Balaban J connectivity index is 1.46. The summed E-state index contributed by atoms with van der Waals surface area (Å²) in [6, 6.07) is 7.16. The van der Waals surface area contributed by atoms with Crippen LogP contribution in [-0.2, 0) is 44.5 Å². The first-order chi connectivity index (χ1) is 19.4. The fourth-order valence-electron chi connectivity index (χ4n) is 5.38. The molecule has 0 saturated carbocycles. The van der Waals surface area contributed by atoms with E-state index in [0.29, 0.717) is 24.1 Å².